The van der Waals surface area contributed by atoms with Gasteiger partial charge in [-0.2, -0.15) is 0 Å². The Bertz CT molecular complexity index is 600. The molecule has 6 heteroatoms. The molecule has 1 N–H and O–H groups in total. The van der Waals surface area contributed by atoms with E-state index in [1.807, 2.05) is 4.90 Å². The van der Waals surface area contributed by atoms with Crippen molar-refractivity contribution in [1.82, 2.24) is 9.88 Å². The minimum atomic E-state index is -0.911. The van der Waals surface area contributed by atoms with Crippen LogP contribution >= 0.6 is 0 Å². The van der Waals surface area contributed by atoms with Gasteiger partial charge in [0.25, 0.3) is 0 Å². The number of alkyl halides is 1. The van der Waals surface area contributed by atoms with Crippen LogP contribution in [0.4, 0.5) is 8.78 Å². The van der Waals surface area contributed by atoms with E-state index in [0.717, 1.165) is 0 Å². The van der Waals surface area contributed by atoms with Crippen LogP contribution in [-0.4, -0.2) is 40.4 Å². The third-order valence-electron chi connectivity index (χ3n) is 3.70. The first-order valence-electron chi connectivity index (χ1n) is 6.85. The lowest BCUT2D eigenvalue weighted by molar-refractivity contribution is 0.152. The average molecular weight is 294 g/mol. The number of hydrogen-bond donors (Lipinski definition) is 1. The molecule has 0 bridgehead atoms. The SMILES string of the molecule is OC[C@@H]1C[C@H](F)CN1Cc1coc(-c2ccc(F)cc2)n1. The summed E-state index contributed by atoms with van der Waals surface area (Å²) >= 11 is 0. The van der Waals surface area contributed by atoms with Crippen molar-refractivity contribution in [1.29, 1.82) is 0 Å². The summed E-state index contributed by atoms with van der Waals surface area (Å²) in [5.74, 6) is 0.0870. The minimum Gasteiger partial charge on any atom is -0.444 e. The predicted octanol–water partition coefficient (Wildman–Crippen LogP) is 2.39. The first kappa shape index (κ1) is 14.2. The lowest BCUT2D eigenvalue weighted by Gasteiger charge is -2.20. The number of hydrogen-bond acceptors (Lipinski definition) is 4. The maximum atomic E-state index is 13.4. The molecule has 0 aliphatic carbocycles. The zero-order valence-electron chi connectivity index (χ0n) is 11.4. The number of rotatable bonds is 4. The number of oxazole rings is 1. The molecular formula is C15H16F2N2O2. The topological polar surface area (TPSA) is 49.5 Å². The summed E-state index contributed by atoms with van der Waals surface area (Å²) in [6.45, 7) is 0.656. The summed E-state index contributed by atoms with van der Waals surface area (Å²) in [5, 5.41) is 9.25. The maximum absolute atomic E-state index is 13.4. The van der Waals surface area contributed by atoms with E-state index in [2.05, 4.69) is 4.98 Å². The van der Waals surface area contributed by atoms with Gasteiger partial charge in [0.15, 0.2) is 0 Å². The van der Waals surface area contributed by atoms with Crippen LogP contribution < -0.4 is 0 Å². The Morgan fingerprint density at radius 1 is 1.33 bits per heavy atom. The lowest BCUT2D eigenvalue weighted by atomic mass is 10.2. The fourth-order valence-electron chi connectivity index (χ4n) is 2.62. The molecule has 1 aliphatic heterocycles. The third-order valence-corrected chi connectivity index (χ3v) is 3.70. The molecule has 0 spiro atoms. The molecule has 2 atom stereocenters. The molecule has 1 fully saturated rings. The van der Waals surface area contributed by atoms with E-state index in [4.69, 9.17) is 4.42 Å². The van der Waals surface area contributed by atoms with Gasteiger partial charge in [0.1, 0.15) is 18.3 Å². The van der Waals surface area contributed by atoms with Gasteiger partial charge in [-0.15, -0.1) is 0 Å². The van der Waals surface area contributed by atoms with Crippen molar-refractivity contribution >= 4 is 0 Å². The molecule has 4 nitrogen and oxygen atoms in total. The highest BCUT2D eigenvalue weighted by molar-refractivity contribution is 5.52. The molecule has 0 amide bonds. The molecule has 1 saturated heterocycles. The number of aliphatic hydroxyl groups excluding tert-OH is 1. The van der Waals surface area contributed by atoms with Crippen molar-refractivity contribution < 1.29 is 18.3 Å². The van der Waals surface area contributed by atoms with E-state index in [9.17, 15) is 13.9 Å². The van der Waals surface area contributed by atoms with E-state index in [-0.39, 0.29) is 18.5 Å². The number of likely N-dealkylation sites (tertiary alicyclic amines) is 1. The molecule has 2 aromatic rings. The Morgan fingerprint density at radius 2 is 2.10 bits per heavy atom. The second-order valence-electron chi connectivity index (χ2n) is 5.25. The third kappa shape index (κ3) is 3.11. The second-order valence-corrected chi connectivity index (χ2v) is 5.25. The largest absolute Gasteiger partial charge is 0.444 e. The second kappa shape index (κ2) is 5.91. The first-order valence-corrected chi connectivity index (χ1v) is 6.85. The van der Waals surface area contributed by atoms with Gasteiger partial charge in [0.2, 0.25) is 5.89 Å². The van der Waals surface area contributed by atoms with E-state index in [1.54, 1.807) is 12.1 Å². The molecular weight excluding hydrogens is 278 g/mol. The van der Waals surface area contributed by atoms with Crippen molar-refractivity contribution in [2.24, 2.45) is 0 Å². The highest BCUT2D eigenvalue weighted by atomic mass is 19.1. The maximum Gasteiger partial charge on any atom is 0.226 e. The van der Waals surface area contributed by atoms with Crippen LogP contribution in [0.25, 0.3) is 11.5 Å². The molecule has 112 valence electrons. The van der Waals surface area contributed by atoms with Crippen LogP contribution in [0.1, 0.15) is 12.1 Å². The fraction of sp³-hybridized carbons (Fsp3) is 0.400. The van der Waals surface area contributed by atoms with E-state index < -0.39 is 6.17 Å². The van der Waals surface area contributed by atoms with E-state index >= 15 is 0 Å². The zero-order valence-corrected chi connectivity index (χ0v) is 11.4. The Kier molecular flexibility index (Phi) is 3.98. The predicted molar refractivity (Wildman–Crippen MR) is 72.7 cm³/mol. The van der Waals surface area contributed by atoms with Gasteiger partial charge in [0.05, 0.1) is 12.3 Å². The van der Waals surface area contributed by atoms with Crippen molar-refractivity contribution in [2.45, 2.75) is 25.2 Å². The molecule has 0 radical (unpaired) electrons. The standard InChI is InChI=1S/C15H16F2N2O2/c16-11-3-1-10(2-4-11)15-18-13(9-21-15)7-19-6-12(17)5-14(19)8-20/h1-4,9,12,14,20H,5-8H2/t12-,14-/m0/s1. The summed E-state index contributed by atoms with van der Waals surface area (Å²) in [4.78, 5) is 6.19. The molecule has 1 aliphatic rings. The van der Waals surface area contributed by atoms with E-state index in [0.29, 0.717) is 36.7 Å². The van der Waals surface area contributed by atoms with Crippen molar-refractivity contribution in [3.63, 3.8) is 0 Å². The van der Waals surface area contributed by atoms with Crippen LogP contribution in [0.15, 0.2) is 34.9 Å². The number of benzene rings is 1. The van der Waals surface area contributed by atoms with Gasteiger partial charge in [-0.3, -0.25) is 4.90 Å². The summed E-state index contributed by atoms with van der Waals surface area (Å²) in [7, 11) is 0. The Labute approximate surface area is 121 Å². The minimum absolute atomic E-state index is 0.0664. The molecule has 3 rings (SSSR count). The molecule has 2 heterocycles. The Balaban J connectivity index is 1.72. The summed E-state index contributed by atoms with van der Waals surface area (Å²) in [6.07, 6.45) is 0.948. The molecule has 0 saturated carbocycles. The number of nitrogens with zero attached hydrogens (tertiary/aromatic N) is 2. The zero-order chi connectivity index (χ0) is 14.8. The normalized spacial score (nSPS) is 22.8. The molecule has 21 heavy (non-hydrogen) atoms. The van der Waals surface area contributed by atoms with Crippen molar-refractivity contribution in [3.8, 4) is 11.5 Å². The van der Waals surface area contributed by atoms with Crippen LogP contribution in [-0.2, 0) is 6.54 Å². The van der Waals surface area contributed by atoms with Crippen molar-refractivity contribution in [2.75, 3.05) is 13.2 Å². The lowest BCUT2D eigenvalue weighted by Crippen LogP contribution is -2.31. The summed E-state index contributed by atoms with van der Waals surface area (Å²) in [6, 6.07) is 5.69. The van der Waals surface area contributed by atoms with Gasteiger partial charge in [-0.05, 0) is 30.7 Å². The summed E-state index contributed by atoms with van der Waals surface area (Å²) in [5.41, 5.74) is 1.35. The first-order chi connectivity index (χ1) is 10.2. The molecule has 1 aromatic heterocycles. The van der Waals surface area contributed by atoms with Gasteiger partial charge < -0.3 is 9.52 Å². The average Bonchev–Trinajstić information content (AvgIpc) is 3.07. The van der Waals surface area contributed by atoms with Crippen molar-refractivity contribution in [3.05, 3.63) is 42.0 Å². The van der Waals surface area contributed by atoms with Crippen LogP contribution in [0.5, 0.6) is 0 Å². The van der Waals surface area contributed by atoms with E-state index in [1.165, 1.54) is 18.4 Å². The van der Waals surface area contributed by atoms with Gasteiger partial charge in [-0.25, -0.2) is 13.8 Å². The summed E-state index contributed by atoms with van der Waals surface area (Å²) < 4.78 is 31.6. The molecule has 0 unspecified atom stereocenters. The van der Waals surface area contributed by atoms with Gasteiger partial charge in [0, 0.05) is 24.7 Å². The fourth-order valence-corrected chi connectivity index (χ4v) is 2.62. The van der Waals surface area contributed by atoms with Gasteiger partial charge in [-0.1, -0.05) is 0 Å². The van der Waals surface area contributed by atoms with Crippen LogP contribution in [0.2, 0.25) is 0 Å². The van der Waals surface area contributed by atoms with Gasteiger partial charge >= 0.3 is 0 Å². The smallest absolute Gasteiger partial charge is 0.226 e. The quantitative estimate of drug-likeness (QED) is 0.940. The molecule has 1 aromatic carbocycles. The Hall–Kier alpha value is -1.79. The number of halogens is 2. The number of aromatic nitrogens is 1. The number of aliphatic hydroxyl groups is 1. The highest BCUT2D eigenvalue weighted by Gasteiger charge is 2.31. The van der Waals surface area contributed by atoms with Crippen LogP contribution in [0.3, 0.4) is 0 Å². The Morgan fingerprint density at radius 3 is 2.81 bits per heavy atom. The highest BCUT2D eigenvalue weighted by Crippen LogP contribution is 2.24. The monoisotopic (exact) mass is 294 g/mol. The van der Waals surface area contributed by atoms with Crippen LogP contribution in [0, 0.1) is 5.82 Å².